The summed E-state index contributed by atoms with van der Waals surface area (Å²) in [6, 6.07) is 16.6. The van der Waals surface area contributed by atoms with E-state index in [-0.39, 0.29) is 18.4 Å². The Hall–Kier alpha value is -2.87. The second kappa shape index (κ2) is 13.4. The molecule has 1 aliphatic heterocycles. The Morgan fingerprint density at radius 2 is 1.81 bits per heavy atom. The van der Waals surface area contributed by atoms with Crippen LogP contribution in [0.5, 0.6) is 5.75 Å². The highest BCUT2D eigenvalue weighted by molar-refractivity contribution is 5.85. The second-order valence-electron chi connectivity index (χ2n) is 8.91. The van der Waals surface area contributed by atoms with Crippen molar-refractivity contribution in [3.63, 3.8) is 0 Å². The van der Waals surface area contributed by atoms with Crippen molar-refractivity contribution >= 4 is 29.9 Å². The number of anilines is 3. The molecular formula is C28H38ClN5O2. The Labute approximate surface area is 221 Å². The first-order valence-electron chi connectivity index (χ1n) is 12.6. The Morgan fingerprint density at radius 1 is 1.08 bits per heavy atom. The lowest BCUT2D eigenvalue weighted by Crippen LogP contribution is -2.25. The van der Waals surface area contributed by atoms with Crippen LogP contribution in [0.1, 0.15) is 49.4 Å². The summed E-state index contributed by atoms with van der Waals surface area (Å²) in [5.41, 5.74) is 4.35. The number of hydrogen-bond acceptors (Lipinski definition) is 7. The quantitative estimate of drug-likeness (QED) is 0.305. The molecule has 1 saturated heterocycles. The molecule has 1 unspecified atom stereocenters. The van der Waals surface area contributed by atoms with Crippen LogP contribution in [0.2, 0.25) is 0 Å². The van der Waals surface area contributed by atoms with Crippen LogP contribution in [0.15, 0.2) is 54.7 Å². The summed E-state index contributed by atoms with van der Waals surface area (Å²) in [6.45, 7) is 13.2. The summed E-state index contributed by atoms with van der Waals surface area (Å²) < 4.78 is 6.14. The van der Waals surface area contributed by atoms with Gasteiger partial charge in [0.2, 0.25) is 5.95 Å². The zero-order valence-corrected chi connectivity index (χ0v) is 22.6. The predicted molar refractivity (Wildman–Crippen MR) is 149 cm³/mol. The first-order chi connectivity index (χ1) is 17.1. The first kappa shape index (κ1) is 27.7. The molecule has 3 aromatic rings. The van der Waals surface area contributed by atoms with Crippen molar-refractivity contribution in [3.8, 4) is 5.75 Å². The maximum absolute atomic E-state index is 6.14. The van der Waals surface area contributed by atoms with Crippen LogP contribution in [0.3, 0.4) is 0 Å². The maximum atomic E-state index is 6.14. The lowest BCUT2D eigenvalue weighted by molar-refractivity contribution is 0.157. The first-order valence-corrected chi connectivity index (χ1v) is 12.6. The molecule has 4 rings (SSSR count). The Balaban J connectivity index is 0.00000361. The van der Waals surface area contributed by atoms with Gasteiger partial charge in [-0.05, 0) is 62.2 Å². The highest BCUT2D eigenvalue weighted by Gasteiger charge is 2.29. The number of benzene rings is 2. The van der Waals surface area contributed by atoms with Gasteiger partial charge in [-0.2, -0.15) is 4.98 Å². The number of hydrogen-bond donors (Lipinski definition) is 1. The van der Waals surface area contributed by atoms with Crippen molar-refractivity contribution in [2.24, 2.45) is 0 Å². The maximum Gasteiger partial charge on any atom is 0.229 e. The van der Waals surface area contributed by atoms with Gasteiger partial charge in [-0.1, -0.05) is 44.2 Å². The molecule has 1 fully saturated rings. The Morgan fingerprint density at radius 3 is 2.50 bits per heavy atom. The van der Waals surface area contributed by atoms with Gasteiger partial charge in [0.25, 0.3) is 0 Å². The van der Waals surface area contributed by atoms with Crippen molar-refractivity contribution in [3.05, 3.63) is 71.4 Å². The van der Waals surface area contributed by atoms with Gasteiger partial charge in [0.05, 0.1) is 19.3 Å². The van der Waals surface area contributed by atoms with Gasteiger partial charge in [0.1, 0.15) is 5.75 Å². The molecule has 7 nitrogen and oxygen atoms in total. The molecule has 0 saturated carbocycles. The van der Waals surface area contributed by atoms with Crippen LogP contribution in [-0.2, 0) is 4.84 Å². The molecule has 0 amide bonds. The fraction of sp³-hybridized carbons (Fsp3) is 0.429. The minimum Gasteiger partial charge on any atom is -0.493 e. The van der Waals surface area contributed by atoms with Crippen molar-refractivity contribution in [1.82, 2.24) is 14.9 Å². The standard InChI is InChI=1S/C28H37N5O2.ClH/c1-5-32(6-2)16-10-17-34-27-21(3)19-24(20-22(27)4)30-28-29-15-13-26(31-28)33-25(14-18-35-33)23-11-8-7-9-12-23;/h7-9,11-13,15,19-20,25H,5-6,10,14,16-18H2,1-4H3,(H,29,30,31);1H. The van der Waals surface area contributed by atoms with Gasteiger partial charge in [-0.3, -0.25) is 4.84 Å². The van der Waals surface area contributed by atoms with Crippen LogP contribution in [0, 0.1) is 13.8 Å². The number of rotatable bonds is 11. The van der Waals surface area contributed by atoms with E-state index < -0.39 is 0 Å². The van der Waals surface area contributed by atoms with Gasteiger partial charge in [0, 0.05) is 30.9 Å². The molecule has 0 radical (unpaired) electrons. The van der Waals surface area contributed by atoms with Gasteiger partial charge in [-0.25, -0.2) is 10.0 Å². The van der Waals surface area contributed by atoms with Gasteiger partial charge in [-0.15, -0.1) is 12.4 Å². The molecule has 194 valence electrons. The monoisotopic (exact) mass is 511 g/mol. The van der Waals surface area contributed by atoms with Crippen molar-refractivity contribution in [1.29, 1.82) is 0 Å². The highest BCUT2D eigenvalue weighted by Crippen LogP contribution is 2.34. The summed E-state index contributed by atoms with van der Waals surface area (Å²) in [6.07, 6.45) is 3.71. The minimum atomic E-state index is 0. The minimum absolute atomic E-state index is 0. The average molecular weight is 512 g/mol. The normalized spacial score (nSPS) is 15.1. The number of nitrogens with one attached hydrogen (secondary N) is 1. The lowest BCUT2D eigenvalue weighted by Gasteiger charge is -2.24. The van der Waals surface area contributed by atoms with E-state index in [9.17, 15) is 0 Å². The summed E-state index contributed by atoms with van der Waals surface area (Å²) in [5.74, 6) is 2.24. The molecule has 1 atom stereocenters. The summed E-state index contributed by atoms with van der Waals surface area (Å²) in [4.78, 5) is 17.5. The smallest absolute Gasteiger partial charge is 0.229 e. The van der Waals surface area contributed by atoms with Crippen LogP contribution in [-0.4, -0.2) is 47.7 Å². The molecular weight excluding hydrogens is 474 g/mol. The molecule has 0 bridgehead atoms. The van der Waals surface area contributed by atoms with Gasteiger partial charge in [0.15, 0.2) is 5.82 Å². The molecule has 2 heterocycles. The number of nitrogens with zero attached hydrogens (tertiary/aromatic N) is 4. The molecule has 1 aromatic heterocycles. The fourth-order valence-electron chi connectivity index (χ4n) is 4.59. The number of hydroxylamine groups is 1. The average Bonchev–Trinajstić information content (AvgIpc) is 3.36. The second-order valence-corrected chi connectivity index (χ2v) is 8.91. The molecule has 8 heteroatoms. The van der Waals surface area contributed by atoms with E-state index in [1.54, 1.807) is 6.20 Å². The van der Waals surface area contributed by atoms with Gasteiger partial charge >= 0.3 is 0 Å². The van der Waals surface area contributed by atoms with Crippen LogP contribution < -0.4 is 15.1 Å². The van der Waals surface area contributed by atoms with E-state index in [1.165, 1.54) is 5.56 Å². The van der Waals surface area contributed by atoms with E-state index >= 15 is 0 Å². The van der Waals surface area contributed by atoms with E-state index in [2.05, 4.69) is 79.3 Å². The van der Waals surface area contributed by atoms with Crippen LogP contribution in [0.4, 0.5) is 17.5 Å². The summed E-state index contributed by atoms with van der Waals surface area (Å²) >= 11 is 0. The topological polar surface area (TPSA) is 62.8 Å². The predicted octanol–water partition coefficient (Wildman–Crippen LogP) is 6.25. The molecule has 1 aliphatic rings. The largest absolute Gasteiger partial charge is 0.493 e. The van der Waals surface area contributed by atoms with Crippen LogP contribution in [0.25, 0.3) is 0 Å². The Bertz CT molecular complexity index is 1070. The SMILES string of the molecule is CCN(CC)CCCOc1c(C)cc(Nc2nccc(N3OCCC3c3ccccc3)n2)cc1C.Cl. The summed E-state index contributed by atoms with van der Waals surface area (Å²) in [5, 5.41) is 5.26. The highest BCUT2D eigenvalue weighted by atomic mass is 35.5. The third-order valence-electron chi connectivity index (χ3n) is 6.43. The fourth-order valence-corrected chi connectivity index (χ4v) is 4.59. The number of halogens is 1. The van der Waals surface area contributed by atoms with Crippen molar-refractivity contribution in [2.45, 2.75) is 46.6 Å². The van der Waals surface area contributed by atoms with E-state index in [4.69, 9.17) is 14.6 Å². The summed E-state index contributed by atoms with van der Waals surface area (Å²) in [7, 11) is 0. The van der Waals surface area contributed by atoms with Crippen molar-refractivity contribution < 1.29 is 9.57 Å². The third-order valence-corrected chi connectivity index (χ3v) is 6.43. The zero-order chi connectivity index (χ0) is 24.6. The zero-order valence-electron chi connectivity index (χ0n) is 21.7. The van der Waals surface area contributed by atoms with E-state index in [0.29, 0.717) is 19.2 Å². The van der Waals surface area contributed by atoms with Crippen LogP contribution >= 0.6 is 12.4 Å². The Kier molecular flexibility index (Phi) is 10.3. The van der Waals surface area contributed by atoms with Crippen molar-refractivity contribution in [2.75, 3.05) is 43.2 Å². The number of ether oxygens (including phenoxy) is 1. The number of aryl methyl sites for hydroxylation is 2. The van der Waals surface area contributed by atoms with E-state index in [1.807, 2.05) is 17.2 Å². The molecule has 36 heavy (non-hydrogen) atoms. The molecule has 1 N–H and O–H groups in total. The van der Waals surface area contributed by atoms with Gasteiger partial charge < -0.3 is 15.0 Å². The number of aromatic nitrogens is 2. The molecule has 0 aliphatic carbocycles. The molecule has 2 aromatic carbocycles. The molecule has 0 spiro atoms. The lowest BCUT2D eigenvalue weighted by atomic mass is 10.0. The third kappa shape index (κ3) is 6.87. The van der Waals surface area contributed by atoms with E-state index in [0.717, 1.165) is 60.9 Å².